The van der Waals surface area contributed by atoms with Crippen molar-refractivity contribution in [3.63, 3.8) is 0 Å². The smallest absolute Gasteiger partial charge is 0.139 e. The first-order valence-electron chi connectivity index (χ1n) is 10.4. The first-order valence-corrected chi connectivity index (χ1v) is 10.4. The summed E-state index contributed by atoms with van der Waals surface area (Å²) in [5, 5.41) is 13.9. The van der Waals surface area contributed by atoms with E-state index in [2.05, 4.69) is 55.5 Å². The Bertz CT molecular complexity index is 1160. The summed E-state index contributed by atoms with van der Waals surface area (Å²) in [6.45, 7) is 3.04. The first kappa shape index (κ1) is 18.5. The van der Waals surface area contributed by atoms with Crippen LogP contribution < -0.4 is 5.32 Å². The number of fused-ring (bicyclic) bond motifs is 1. The highest BCUT2D eigenvalue weighted by molar-refractivity contribution is 5.98. The molecular formula is C24H24N6. The van der Waals surface area contributed by atoms with Gasteiger partial charge in [0, 0.05) is 67.0 Å². The van der Waals surface area contributed by atoms with Crippen LogP contribution in [0.1, 0.15) is 24.0 Å². The van der Waals surface area contributed by atoms with Gasteiger partial charge in [0.05, 0.1) is 17.3 Å². The maximum absolute atomic E-state index is 8.96. The van der Waals surface area contributed by atoms with Crippen molar-refractivity contribution in [1.29, 1.82) is 5.26 Å². The fourth-order valence-corrected chi connectivity index (χ4v) is 4.26. The molecule has 6 nitrogen and oxygen atoms in total. The second kappa shape index (κ2) is 8.05. The summed E-state index contributed by atoms with van der Waals surface area (Å²) < 4.78 is 0. The highest BCUT2D eigenvalue weighted by Crippen LogP contribution is 2.34. The van der Waals surface area contributed by atoms with Crippen molar-refractivity contribution in [1.82, 2.24) is 19.9 Å². The first-order chi connectivity index (χ1) is 14.8. The van der Waals surface area contributed by atoms with E-state index in [0.717, 1.165) is 60.3 Å². The topological polar surface area (TPSA) is 83.5 Å². The predicted molar refractivity (Wildman–Crippen MR) is 119 cm³/mol. The third kappa shape index (κ3) is 3.68. The zero-order valence-corrected chi connectivity index (χ0v) is 16.7. The molecule has 30 heavy (non-hydrogen) atoms. The molecule has 1 aromatic carbocycles. The second-order valence-electron chi connectivity index (χ2n) is 7.89. The number of H-pyrrole nitrogens is 2. The van der Waals surface area contributed by atoms with Gasteiger partial charge in [0.2, 0.25) is 0 Å². The third-order valence-electron chi connectivity index (χ3n) is 5.92. The van der Waals surface area contributed by atoms with E-state index in [0.29, 0.717) is 11.6 Å². The maximum atomic E-state index is 8.96. The molecule has 0 atom stereocenters. The molecule has 1 fully saturated rings. The van der Waals surface area contributed by atoms with Crippen LogP contribution in [-0.4, -0.2) is 39.0 Å². The Labute approximate surface area is 175 Å². The summed E-state index contributed by atoms with van der Waals surface area (Å²) >= 11 is 0. The lowest BCUT2D eigenvalue weighted by atomic mass is 10.0. The molecule has 0 unspecified atom stereocenters. The van der Waals surface area contributed by atoms with Crippen molar-refractivity contribution in [2.45, 2.75) is 25.4 Å². The number of hydrogen-bond acceptors (Lipinski definition) is 4. The molecule has 0 spiro atoms. The minimum Gasteiger partial charge on any atom is -0.381 e. The van der Waals surface area contributed by atoms with Crippen LogP contribution in [0.5, 0.6) is 0 Å². The van der Waals surface area contributed by atoms with E-state index in [1.807, 2.05) is 36.9 Å². The van der Waals surface area contributed by atoms with Gasteiger partial charge in [-0.15, -0.1) is 0 Å². The summed E-state index contributed by atoms with van der Waals surface area (Å²) in [6, 6.07) is 14.7. The van der Waals surface area contributed by atoms with Gasteiger partial charge in [-0.2, -0.15) is 5.26 Å². The van der Waals surface area contributed by atoms with E-state index in [4.69, 9.17) is 5.26 Å². The molecule has 4 heterocycles. The van der Waals surface area contributed by atoms with Crippen molar-refractivity contribution in [3.8, 4) is 17.2 Å². The summed E-state index contributed by atoms with van der Waals surface area (Å²) in [4.78, 5) is 13.4. The van der Waals surface area contributed by atoms with Gasteiger partial charge in [-0.25, -0.2) is 4.98 Å². The summed E-state index contributed by atoms with van der Waals surface area (Å²) in [7, 11) is 0. The van der Waals surface area contributed by atoms with Crippen LogP contribution in [0, 0.1) is 11.3 Å². The minimum absolute atomic E-state index is 0.431. The molecule has 6 heteroatoms. The largest absolute Gasteiger partial charge is 0.381 e. The highest BCUT2D eigenvalue weighted by atomic mass is 15.1. The molecule has 0 amide bonds. The standard InChI is InChI=1S/C24H24N6/c25-13-17-1-3-18(4-2-17)16-30-11-7-20(8-12-30)29-23-21-6-10-27-24(21)28-15-22(23)19-5-9-26-14-19/h1-6,9-10,14-15,20,26H,7-8,11-12,16H2,(H2,27,28,29). The number of nitrogens with zero attached hydrogens (tertiary/aromatic N) is 3. The number of benzene rings is 1. The molecule has 4 aromatic rings. The molecule has 3 aromatic heterocycles. The van der Waals surface area contributed by atoms with Gasteiger partial charge in [-0.1, -0.05) is 12.1 Å². The fraction of sp³-hybridized carbons (Fsp3) is 0.250. The van der Waals surface area contributed by atoms with Crippen molar-refractivity contribution in [2.75, 3.05) is 18.4 Å². The number of aromatic amines is 2. The van der Waals surface area contributed by atoms with Crippen LogP contribution in [0.25, 0.3) is 22.2 Å². The van der Waals surface area contributed by atoms with E-state index in [-0.39, 0.29) is 0 Å². The maximum Gasteiger partial charge on any atom is 0.139 e. The summed E-state index contributed by atoms with van der Waals surface area (Å²) in [5.74, 6) is 0. The lowest BCUT2D eigenvalue weighted by Gasteiger charge is -2.33. The number of anilines is 1. The van der Waals surface area contributed by atoms with Crippen LogP contribution in [-0.2, 0) is 6.54 Å². The van der Waals surface area contributed by atoms with Crippen LogP contribution in [0.3, 0.4) is 0 Å². The van der Waals surface area contributed by atoms with Gasteiger partial charge in [0.25, 0.3) is 0 Å². The minimum atomic E-state index is 0.431. The molecule has 0 radical (unpaired) electrons. The van der Waals surface area contributed by atoms with Gasteiger partial charge in [0.15, 0.2) is 0 Å². The van der Waals surface area contributed by atoms with Crippen molar-refractivity contribution in [3.05, 3.63) is 72.3 Å². The van der Waals surface area contributed by atoms with Crippen LogP contribution in [0.4, 0.5) is 5.69 Å². The number of nitrogens with one attached hydrogen (secondary N) is 3. The molecule has 0 saturated carbocycles. The lowest BCUT2D eigenvalue weighted by Crippen LogP contribution is -2.38. The number of nitriles is 1. The highest BCUT2D eigenvalue weighted by Gasteiger charge is 2.21. The zero-order chi connectivity index (χ0) is 20.3. The van der Waals surface area contributed by atoms with Crippen LogP contribution in [0.2, 0.25) is 0 Å². The third-order valence-corrected chi connectivity index (χ3v) is 5.92. The number of rotatable bonds is 5. The number of hydrogen-bond donors (Lipinski definition) is 3. The average molecular weight is 396 g/mol. The van der Waals surface area contributed by atoms with Crippen molar-refractivity contribution >= 4 is 16.7 Å². The second-order valence-corrected chi connectivity index (χ2v) is 7.89. The van der Waals surface area contributed by atoms with Gasteiger partial charge in [-0.05, 0) is 42.7 Å². The van der Waals surface area contributed by atoms with Crippen LogP contribution >= 0.6 is 0 Å². The Balaban J connectivity index is 1.28. The van der Waals surface area contributed by atoms with Gasteiger partial charge in [-0.3, -0.25) is 4.90 Å². The molecule has 150 valence electrons. The van der Waals surface area contributed by atoms with E-state index in [1.165, 1.54) is 5.56 Å². The number of piperidine rings is 1. The van der Waals surface area contributed by atoms with Crippen molar-refractivity contribution < 1.29 is 0 Å². The van der Waals surface area contributed by atoms with E-state index >= 15 is 0 Å². The number of pyridine rings is 1. The normalized spacial score (nSPS) is 15.3. The van der Waals surface area contributed by atoms with E-state index in [1.54, 1.807) is 0 Å². The number of aromatic nitrogens is 3. The predicted octanol–water partition coefficient (Wildman–Crippen LogP) is 4.51. The molecule has 0 aliphatic carbocycles. The van der Waals surface area contributed by atoms with E-state index in [9.17, 15) is 0 Å². The van der Waals surface area contributed by atoms with Crippen LogP contribution in [0.15, 0.2) is 61.2 Å². The van der Waals surface area contributed by atoms with E-state index < -0.39 is 0 Å². The molecule has 1 saturated heterocycles. The lowest BCUT2D eigenvalue weighted by molar-refractivity contribution is 0.211. The Kier molecular flexibility index (Phi) is 4.96. The number of likely N-dealkylation sites (tertiary alicyclic amines) is 1. The zero-order valence-electron chi connectivity index (χ0n) is 16.7. The monoisotopic (exact) mass is 396 g/mol. The van der Waals surface area contributed by atoms with Gasteiger partial charge >= 0.3 is 0 Å². The quantitative estimate of drug-likeness (QED) is 0.464. The Morgan fingerprint density at radius 3 is 2.67 bits per heavy atom. The Morgan fingerprint density at radius 2 is 1.93 bits per heavy atom. The molecule has 1 aliphatic heterocycles. The van der Waals surface area contributed by atoms with Gasteiger partial charge < -0.3 is 15.3 Å². The molecule has 1 aliphatic rings. The summed E-state index contributed by atoms with van der Waals surface area (Å²) in [5.41, 5.74) is 6.32. The SMILES string of the molecule is N#Cc1ccc(CN2CCC(Nc3c(-c4cc[nH]c4)cnc4[nH]ccc34)CC2)cc1. The van der Waals surface area contributed by atoms with Gasteiger partial charge in [0.1, 0.15) is 5.65 Å². The Hall–Kier alpha value is -3.56. The summed E-state index contributed by atoms with van der Waals surface area (Å²) in [6.07, 6.45) is 10.0. The fourth-order valence-electron chi connectivity index (χ4n) is 4.26. The Morgan fingerprint density at radius 1 is 1.10 bits per heavy atom. The molecule has 0 bridgehead atoms. The van der Waals surface area contributed by atoms with Crippen molar-refractivity contribution in [2.24, 2.45) is 0 Å². The average Bonchev–Trinajstić information content (AvgIpc) is 3.48. The molecule has 3 N–H and O–H groups in total. The molecular weight excluding hydrogens is 372 g/mol. The molecule has 5 rings (SSSR count).